The minimum atomic E-state index is 0.259. The number of methoxy groups -OCH3 is 1. The second-order valence-corrected chi connectivity index (χ2v) is 3.00. The molecule has 0 aromatic rings. The van der Waals surface area contributed by atoms with Crippen LogP contribution in [-0.2, 0) is 9.47 Å². The third-order valence-electron chi connectivity index (χ3n) is 1.27. The molecule has 0 bridgehead atoms. The zero-order valence-corrected chi connectivity index (χ0v) is 6.35. The van der Waals surface area contributed by atoms with E-state index >= 15 is 0 Å². The standard InChI is InChI=1S/C5H9BrO2/c1-7-5-3-8-2-4(5)6/h4-5H,2-3H2,1H3/t4-,5+/m0/s1. The van der Waals surface area contributed by atoms with Gasteiger partial charge in [0.2, 0.25) is 0 Å². The number of ether oxygens (including phenoxy) is 2. The molecule has 0 unspecified atom stereocenters. The summed E-state index contributed by atoms with van der Waals surface area (Å²) in [7, 11) is 1.70. The van der Waals surface area contributed by atoms with E-state index in [9.17, 15) is 0 Å². The van der Waals surface area contributed by atoms with Crippen LogP contribution in [0.4, 0.5) is 0 Å². The highest BCUT2D eigenvalue weighted by Crippen LogP contribution is 2.15. The Morgan fingerprint density at radius 1 is 1.62 bits per heavy atom. The van der Waals surface area contributed by atoms with Crippen LogP contribution in [-0.4, -0.2) is 31.3 Å². The Morgan fingerprint density at radius 2 is 2.38 bits per heavy atom. The van der Waals surface area contributed by atoms with Crippen LogP contribution in [0.3, 0.4) is 0 Å². The van der Waals surface area contributed by atoms with Gasteiger partial charge in [0.25, 0.3) is 0 Å². The fourth-order valence-corrected chi connectivity index (χ4v) is 1.28. The minimum absolute atomic E-state index is 0.259. The predicted octanol–water partition coefficient (Wildman–Crippen LogP) is 0.795. The molecule has 0 aromatic heterocycles. The van der Waals surface area contributed by atoms with Crippen LogP contribution < -0.4 is 0 Å². The summed E-state index contributed by atoms with van der Waals surface area (Å²) in [5, 5.41) is 0. The summed E-state index contributed by atoms with van der Waals surface area (Å²) in [5.41, 5.74) is 0. The van der Waals surface area contributed by atoms with Crippen LogP contribution >= 0.6 is 15.9 Å². The van der Waals surface area contributed by atoms with Crippen LogP contribution in [0.1, 0.15) is 0 Å². The molecule has 0 amide bonds. The fourth-order valence-electron chi connectivity index (χ4n) is 0.724. The lowest BCUT2D eigenvalue weighted by atomic mass is 10.3. The molecular weight excluding hydrogens is 172 g/mol. The van der Waals surface area contributed by atoms with E-state index in [1.54, 1.807) is 7.11 Å². The molecule has 0 spiro atoms. The Bertz CT molecular complexity index is 76.8. The van der Waals surface area contributed by atoms with E-state index in [0.29, 0.717) is 4.83 Å². The van der Waals surface area contributed by atoms with E-state index in [2.05, 4.69) is 15.9 Å². The van der Waals surface area contributed by atoms with E-state index in [-0.39, 0.29) is 6.10 Å². The van der Waals surface area contributed by atoms with Gasteiger partial charge < -0.3 is 9.47 Å². The molecule has 8 heavy (non-hydrogen) atoms. The molecule has 3 heteroatoms. The molecule has 2 nitrogen and oxygen atoms in total. The van der Waals surface area contributed by atoms with Crippen LogP contribution in [0.5, 0.6) is 0 Å². The van der Waals surface area contributed by atoms with Crippen LogP contribution in [0.25, 0.3) is 0 Å². The summed E-state index contributed by atoms with van der Waals surface area (Å²) in [6.45, 7) is 1.50. The molecular formula is C5H9BrO2. The highest BCUT2D eigenvalue weighted by Gasteiger charge is 2.24. The Kier molecular flexibility index (Phi) is 2.28. The first-order chi connectivity index (χ1) is 3.84. The molecule has 1 heterocycles. The van der Waals surface area contributed by atoms with Gasteiger partial charge in [-0.1, -0.05) is 15.9 Å². The van der Waals surface area contributed by atoms with Crippen molar-refractivity contribution in [1.29, 1.82) is 0 Å². The molecule has 48 valence electrons. The minimum Gasteiger partial charge on any atom is -0.378 e. The maximum Gasteiger partial charge on any atom is 0.0951 e. The smallest absolute Gasteiger partial charge is 0.0951 e. The fraction of sp³-hybridized carbons (Fsp3) is 1.00. The van der Waals surface area contributed by atoms with Gasteiger partial charge in [-0.05, 0) is 0 Å². The van der Waals surface area contributed by atoms with E-state index in [1.165, 1.54) is 0 Å². The summed E-state index contributed by atoms with van der Waals surface area (Å²) < 4.78 is 10.1. The Labute approximate surface area is 57.3 Å². The Morgan fingerprint density at radius 3 is 2.62 bits per heavy atom. The zero-order valence-electron chi connectivity index (χ0n) is 4.76. The van der Waals surface area contributed by atoms with Gasteiger partial charge in [0, 0.05) is 7.11 Å². The quantitative estimate of drug-likeness (QED) is 0.557. The van der Waals surface area contributed by atoms with Gasteiger partial charge in [0.15, 0.2) is 0 Å². The summed E-state index contributed by atoms with van der Waals surface area (Å²) >= 11 is 3.41. The predicted molar refractivity (Wildman–Crippen MR) is 34.3 cm³/mol. The average Bonchev–Trinajstić information content (AvgIpc) is 2.14. The molecule has 2 atom stereocenters. The molecule has 1 aliphatic heterocycles. The maximum absolute atomic E-state index is 5.09. The van der Waals surface area contributed by atoms with E-state index in [1.807, 2.05) is 0 Å². The first-order valence-electron chi connectivity index (χ1n) is 2.59. The molecule has 0 saturated carbocycles. The highest BCUT2D eigenvalue weighted by molar-refractivity contribution is 9.09. The van der Waals surface area contributed by atoms with Gasteiger partial charge in [-0.25, -0.2) is 0 Å². The molecule has 0 radical (unpaired) electrons. The lowest BCUT2D eigenvalue weighted by Crippen LogP contribution is -2.19. The first kappa shape index (κ1) is 6.52. The van der Waals surface area contributed by atoms with Crippen LogP contribution in [0.15, 0.2) is 0 Å². The summed E-state index contributed by atoms with van der Waals surface area (Å²) in [5.74, 6) is 0. The SMILES string of the molecule is CO[C@@H]1COC[C@@H]1Br. The van der Waals surface area contributed by atoms with Crippen molar-refractivity contribution in [3.8, 4) is 0 Å². The second kappa shape index (κ2) is 2.80. The molecule has 0 aliphatic carbocycles. The van der Waals surface area contributed by atoms with E-state index < -0.39 is 0 Å². The van der Waals surface area contributed by atoms with E-state index in [0.717, 1.165) is 13.2 Å². The van der Waals surface area contributed by atoms with Gasteiger partial charge >= 0.3 is 0 Å². The summed E-state index contributed by atoms with van der Waals surface area (Å²) in [4.78, 5) is 0.396. The molecule has 1 fully saturated rings. The first-order valence-corrected chi connectivity index (χ1v) is 3.51. The van der Waals surface area contributed by atoms with Gasteiger partial charge in [-0.3, -0.25) is 0 Å². The van der Waals surface area contributed by atoms with Crippen molar-refractivity contribution in [2.45, 2.75) is 10.9 Å². The van der Waals surface area contributed by atoms with Crippen LogP contribution in [0, 0.1) is 0 Å². The molecule has 0 N–H and O–H groups in total. The molecule has 1 saturated heterocycles. The second-order valence-electron chi connectivity index (χ2n) is 1.83. The maximum atomic E-state index is 5.09. The van der Waals surface area contributed by atoms with E-state index in [4.69, 9.17) is 9.47 Å². The largest absolute Gasteiger partial charge is 0.378 e. The lowest BCUT2D eigenvalue weighted by molar-refractivity contribution is 0.0839. The summed E-state index contributed by atoms with van der Waals surface area (Å²) in [6, 6.07) is 0. The number of rotatable bonds is 1. The zero-order chi connectivity index (χ0) is 5.98. The molecule has 1 rings (SSSR count). The van der Waals surface area contributed by atoms with Crippen molar-refractivity contribution >= 4 is 15.9 Å². The monoisotopic (exact) mass is 180 g/mol. The number of hydrogen-bond donors (Lipinski definition) is 0. The summed E-state index contributed by atoms with van der Waals surface area (Å²) in [6.07, 6.45) is 0.259. The van der Waals surface area contributed by atoms with Gasteiger partial charge in [0.05, 0.1) is 24.1 Å². The van der Waals surface area contributed by atoms with Crippen molar-refractivity contribution < 1.29 is 9.47 Å². The normalized spacial score (nSPS) is 38.2. The van der Waals surface area contributed by atoms with Crippen molar-refractivity contribution in [3.05, 3.63) is 0 Å². The van der Waals surface area contributed by atoms with Crippen molar-refractivity contribution in [2.75, 3.05) is 20.3 Å². The third-order valence-corrected chi connectivity index (χ3v) is 2.12. The van der Waals surface area contributed by atoms with Crippen molar-refractivity contribution in [2.24, 2.45) is 0 Å². The molecule has 1 aliphatic rings. The van der Waals surface area contributed by atoms with Crippen molar-refractivity contribution in [1.82, 2.24) is 0 Å². The number of hydrogen-bond acceptors (Lipinski definition) is 2. The Hall–Kier alpha value is 0.400. The van der Waals surface area contributed by atoms with Crippen LogP contribution in [0.2, 0.25) is 0 Å². The topological polar surface area (TPSA) is 18.5 Å². The average molecular weight is 181 g/mol. The third kappa shape index (κ3) is 1.21. The van der Waals surface area contributed by atoms with Gasteiger partial charge in [-0.15, -0.1) is 0 Å². The molecule has 0 aromatic carbocycles. The number of alkyl halides is 1. The van der Waals surface area contributed by atoms with Gasteiger partial charge in [0.1, 0.15) is 0 Å². The van der Waals surface area contributed by atoms with Gasteiger partial charge in [-0.2, -0.15) is 0 Å². The van der Waals surface area contributed by atoms with Crippen molar-refractivity contribution in [3.63, 3.8) is 0 Å². The highest BCUT2D eigenvalue weighted by atomic mass is 79.9. The lowest BCUT2D eigenvalue weighted by Gasteiger charge is -2.07. The Balaban J connectivity index is 2.30. The number of halogens is 1.